The fourth-order valence-corrected chi connectivity index (χ4v) is 1.57. The average Bonchev–Trinajstić information content (AvgIpc) is 2.14. The third-order valence-electron chi connectivity index (χ3n) is 1.58. The van der Waals surface area contributed by atoms with E-state index in [1.807, 2.05) is 0 Å². The fourth-order valence-electron chi connectivity index (χ4n) is 0.849. The molecule has 2 unspecified atom stereocenters. The van der Waals surface area contributed by atoms with Gasteiger partial charge < -0.3 is 20.4 Å². The first-order valence-corrected chi connectivity index (χ1v) is 5.51. The molecule has 0 aromatic carbocycles. The summed E-state index contributed by atoms with van der Waals surface area (Å²) in [4.78, 5) is 0. The van der Waals surface area contributed by atoms with Crippen LogP contribution in [0.5, 0.6) is 0 Å². The number of aliphatic hydroxyl groups excluding tert-OH is 4. The van der Waals surface area contributed by atoms with Crippen LogP contribution in [-0.2, 0) is 10.3 Å². The van der Waals surface area contributed by atoms with Crippen molar-refractivity contribution in [2.24, 2.45) is 0 Å². The molecular formula is C7H19NO7S. The van der Waals surface area contributed by atoms with Crippen molar-refractivity contribution in [3.05, 3.63) is 0 Å². The van der Waals surface area contributed by atoms with Crippen LogP contribution in [0, 0.1) is 0 Å². The Bertz CT molecular complexity index is 256. The van der Waals surface area contributed by atoms with Crippen molar-refractivity contribution in [1.29, 1.82) is 0 Å². The van der Waals surface area contributed by atoms with Crippen molar-refractivity contribution in [3.63, 3.8) is 0 Å². The topological polar surface area (TPSA) is 139 Å². The molecule has 0 aromatic heterocycles. The zero-order valence-electron chi connectivity index (χ0n) is 7.89. The van der Waals surface area contributed by atoms with Crippen LogP contribution in [0.2, 0.25) is 0 Å². The molecule has 0 spiro atoms. The maximum atomic E-state index is 10.7. The lowest BCUT2D eigenvalue weighted by atomic mass is 10.3. The molecule has 0 aliphatic heterocycles. The van der Waals surface area contributed by atoms with E-state index in [1.54, 1.807) is 0 Å². The Morgan fingerprint density at radius 1 is 1.00 bits per heavy atom. The van der Waals surface area contributed by atoms with Crippen molar-refractivity contribution in [2.75, 3.05) is 26.3 Å². The minimum Gasteiger partial charge on any atom is -0.394 e. The average molecular weight is 261 g/mol. The number of aliphatic hydroxyl groups is 4. The maximum Gasteiger partial charge on any atom is 0.336 e. The summed E-state index contributed by atoms with van der Waals surface area (Å²) in [6.45, 7) is -2.48. The van der Waals surface area contributed by atoms with Gasteiger partial charge in [-0.1, -0.05) is 7.43 Å². The minimum absolute atomic E-state index is 0. The molecule has 0 bridgehead atoms. The molecular weight excluding hydrogens is 242 g/mol. The highest BCUT2D eigenvalue weighted by atomic mass is 32.2. The van der Waals surface area contributed by atoms with E-state index >= 15 is 0 Å². The second-order valence-electron chi connectivity index (χ2n) is 2.97. The first kappa shape index (κ1) is 18.1. The van der Waals surface area contributed by atoms with Gasteiger partial charge in [0.05, 0.1) is 25.4 Å². The summed E-state index contributed by atoms with van der Waals surface area (Å²) in [5, 5.41) is 34.9. The van der Waals surface area contributed by atoms with Crippen molar-refractivity contribution in [3.8, 4) is 0 Å². The van der Waals surface area contributed by atoms with Crippen LogP contribution >= 0.6 is 0 Å². The maximum absolute atomic E-state index is 10.7. The lowest BCUT2D eigenvalue weighted by Gasteiger charge is -2.22. The van der Waals surface area contributed by atoms with Gasteiger partial charge in [0.2, 0.25) is 0 Å². The molecule has 9 heteroatoms. The SMILES string of the molecule is C.O=S(=O)(O)N(CC(O)CO)CC(O)CO. The van der Waals surface area contributed by atoms with E-state index in [0.717, 1.165) is 0 Å². The molecule has 8 nitrogen and oxygen atoms in total. The van der Waals surface area contributed by atoms with E-state index in [-0.39, 0.29) is 7.43 Å². The third-order valence-corrected chi connectivity index (χ3v) is 2.53. The van der Waals surface area contributed by atoms with Crippen LogP contribution in [0.25, 0.3) is 0 Å². The standard InChI is InChI=1S/C6H15NO7S.CH4/c8-3-5(10)1-7(15(12,13)14)2-6(11)4-9;/h5-6,8-11H,1-4H2,(H,12,13,14);1H4. The van der Waals surface area contributed by atoms with E-state index in [2.05, 4.69) is 0 Å². The Labute approximate surface area is 94.6 Å². The van der Waals surface area contributed by atoms with Crippen LogP contribution in [0.3, 0.4) is 0 Å². The Kier molecular flexibility index (Phi) is 8.93. The monoisotopic (exact) mass is 261 g/mol. The van der Waals surface area contributed by atoms with Gasteiger partial charge in [0.15, 0.2) is 0 Å². The van der Waals surface area contributed by atoms with Crippen molar-refractivity contribution >= 4 is 10.3 Å². The second kappa shape index (κ2) is 7.90. The van der Waals surface area contributed by atoms with E-state index in [0.29, 0.717) is 4.31 Å². The molecule has 0 saturated carbocycles. The predicted octanol–water partition coefficient (Wildman–Crippen LogP) is -2.57. The lowest BCUT2D eigenvalue weighted by molar-refractivity contribution is 0.0469. The first-order chi connectivity index (χ1) is 6.81. The molecule has 0 aliphatic rings. The molecule has 0 amide bonds. The van der Waals surface area contributed by atoms with E-state index in [4.69, 9.17) is 25.0 Å². The molecule has 5 N–H and O–H groups in total. The smallest absolute Gasteiger partial charge is 0.336 e. The highest BCUT2D eigenvalue weighted by molar-refractivity contribution is 7.83. The summed E-state index contributed by atoms with van der Waals surface area (Å²) in [5.74, 6) is 0. The van der Waals surface area contributed by atoms with Crippen molar-refractivity contribution in [2.45, 2.75) is 19.6 Å². The zero-order valence-corrected chi connectivity index (χ0v) is 8.71. The number of nitrogens with zero attached hydrogens (tertiary/aromatic N) is 1. The predicted molar refractivity (Wildman–Crippen MR) is 56.0 cm³/mol. The summed E-state index contributed by atoms with van der Waals surface area (Å²) < 4.78 is 30.5. The van der Waals surface area contributed by atoms with Crippen LogP contribution in [-0.4, -0.2) is 76.2 Å². The quantitative estimate of drug-likeness (QED) is 0.317. The Hall–Kier alpha value is -0.290. The molecule has 0 aliphatic carbocycles. The van der Waals surface area contributed by atoms with E-state index in [9.17, 15) is 8.42 Å². The summed E-state index contributed by atoms with van der Waals surface area (Å²) in [5.41, 5.74) is 0. The van der Waals surface area contributed by atoms with Gasteiger partial charge in [0.25, 0.3) is 0 Å². The molecule has 2 atom stereocenters. The highest BCUT2D eigenvalue weighted by Gasteiger charge is 2.24. The normalized spacial score (nSPS) is 15.6. The molecule has 0 saturated heterocycles. The van der Waals surface area contributed by atoms with Gasteiger partial charge in [0, 0.05) is 13.1 Å². The fraction of sp³-hybridized carbons (Fsp3) is 1.00. The molecule has 0 rings (SSSR count). The minimum atomic E-state index is -4.58. The Morgan fingerprint density at radius 3 is 1.50 bits per heavy atom. The summed E-state index contributed by atoms with van der Waals surface area (Å²) in [7, 11) is -4.58. The Morgan fingerprint density at radius 2 is 1.31 bits per heavy atom. The Balaban J connectivity index is 0. The summed E-state index contributed by atoms with van der Waals surface area (Å²) >= 11 is 0. The first-order valence-electron chi connectivity index (χ1n) is 4.11. The van der Waals surface area contributed by atoms with Gasteiger partial charge in [-0.2, -0.15) is 12.7 Å². The third kappa shape index (κ3) is 7.06. The summed E-state index contributed by atoms with van der Waals surface area (Å²) in [6.07, 6.45) is -2.73. The zero-order chi connectivity index (χ0) is 12.1. The van der Waals surface area contributed by atoms with Crippen molar-refractivity contribution < 1.29 is 33.4 Å². The van der Waals surface area contributed by atoms with Crippen LogP contribution in [0.15, 0.2) is 0 Å². The highest BCUT2D eigenvalue weighted by Crippen LogP contribution is 2.01. The molecule has 16 heavy (non-hydrogen) atoms. The number of hydrogen-bond acceptors (Lipinski definition) is 6. The number of hydrogen-bond donors (Lipinski definition) is 5. The van der Waals surface area contributed by atoms with Crippen LogP contribution in [0.1, 0.15) is 7.43 Å². The van der Waals surface area contributed by atoms with Gasteiger partial charge >= 0.3 is 10.3 Å². The van der Waals surface area contributed by atoms with Gasteiger partial charge in [-0.25, -0.2) is 0 Å². The summed E-state index contributed by atoms with van der Waals surface area (Å²) in [6, 6.07) is 0. The number of rotatable bonds is 7. The molecule has 0 heterocycles. The van der Waals surface area contributed by atoms with E-state index < -0.39 is 48.8 Å². The molecule has 0 radical (unpaired) electrons. The van der Waals surface area contributed by atoms with Crippen LogP contribution < -0.4 is 0 Å². The van der Waals surface area contributed by atoms with Gasteiger partial charge in [-0.05, 0) is 0 Å². The second-order valence-corrected chi connectivity index (χ2v) is 4.38. The van der Waals surface area contributed by atoms with Gasteiger partial charge in [-0.3, -0.25) is 4.55 Å². The van der Waals surface area contributed by atoms with Gasteiger partial charge in [-0.15, -0.1) is 0 Å². The molecule has 0 aromatic rings. The van der Waals surface area contributed by atoms with E-state index in [1.165, 1.54) is 0 Å². The van der Waals surface area contributed by atoms with Gasteiger partial charge in [0.1, 0.15) is 0 Å². The largest absolute Gasteiger partial charge is 0.394 e. The van der Waals surface area contributed by atoms with Crippen LogP contribution in [0.4, 0.5) is 0 Å². The molecule has 0 fully saturated rings. The lowest BCUT2D eigenvalue weighted by Crippen LogP contribution is -2.43. The molecule has 100 valence electrons. The van der Waals surface area contributed by atoms with Crippen molar-refractivity contribution in [1.82, 2.24) is 4.31 Å².